The Labute approximate surface area is 146 Å². The summed E-state index contributed by atoms with van der Waals surface area (Å²) in [6.45, 7) is 1.91. The topological polar surface area (TPSA) is 46.2 Å². The zero-order chi connectivity index (χ0) is 15.8. The van der Waals surface area contributed by atoms with Crippen LogP contribution in [0.15, 0.2) is 0 Å². The van der Waals surface area contributed by atoms with Gasteiger partial charge in [-0.15, -0.1) is 46.4 Å². The molecule has 0 aliphatic rings. The third kappa shape index (κ3) is 14.3. The van der Waals surface area contributed by atoms with Crippen LogP contribution in [0.25, 0.3) is 0 Å². The summed E-state index contributed by atoms with van der Waals surface area (Å²) in [5, 5.41) is 0. The molecule has 0 bridgehead atoms. The van der Waals surface area contributed by atoms with Gasteiger partial charge in [0.2, 0.25) is 0 Å². The van der Waals surface area contributed by atoms with Gasteiger partial charge in [0.15, 0.2) is 12.6 Å². The first-order valence-corrected chi connectivity index (χ1v) is 8.70. The van der Waals surface area contributed by atoms with Crippen molar-refractivity contribution < 1.29 is 23.7 Å². The summed E-state index contributed by atoms with van der Waals surface area (Å²) in [5.74, 6) is 1.50. The van der Waals surface area contributed by atoms with Crippen LogP contribution in [-0.4, -0.2) is 75.7 Å². The number of hydrogen-bond acceptors (Lipinski definition) is 5. The van der Waals surface area contributed by atoms with E-state index in [0.29, 0.717) is 49.9 Å². The van der Waals surface area contributed by atoms with Crippen molar-refractivity contribution in [3.05, 3.63) is 0 Å². The number of hydrogen-bond donors (Lipinski definition) is 0. The van der Waals surface area contributed by atoms with Crippen LogP contribution < -0.4 is 0 Å². The van der Waals surface area contributed by atoms with Gasteiger partial charge in [0.25, 0.3) is 0 Å². The quantitative estimate of drug-likeness (QED) is 0.301. The van der Waals surface area contributed by atoms with Crippen LogP contribution in [0.2, 0.25) is 0 Å². The standard InChI is InChI=1S/C12H22Cl4O5/c13-1-5-18-11(19-6-2-14)9-17-10-12(20-7-3-15)21-8-4-16/h11-12H,1-10H2. The zero-order valence-electron chi connectivity index (χ0n) is 11.8. The Bertz CT molecular complexity index is 178. The van der Waals surface area contributed by atoms with Gasteiger partial charge in [-0.3, -0.25) is 0 Å². The minimum atomic E-state index is -0.524. The molecule has 0 N–H and O–H groups in total. The summed E-state index contributed by atoms with van der Waals surface area (Å²) in [4.78, 5) is 0. The van der Waals surface area contributed by atoms with Crippen LogP contribution in [0.4, 0.5) is 0 Å². The Morgan fingerprint density at radius 2 is 0.810 bits per heavy atom. The van der Waals surface area contributed by atoms with Gasteiger partial charge < -0.3 is 23.7 Å². The number of halogens is 4. The fraction of sp³-hybridized carbons (Fsp3) is 1.00. The molecule has 0 heterocycles. The average molecular weight is 388 g/mol. The van der Waals surface area contributed by atoms with Gasteiger partial charge in [0.05, 0.1) is 39.6 Å². The Morgan fingerprint density at radius 3 is 1.05 bits per heavy atom. The fourth-order valence-electron chi connectivity index (χ4n) is 1.25. The molecule has 0 fully saturated rings. The first-order valence-electron chi connectivity index (χ1n) is 6.56. The first-order chi connectivity index (χ1) is 10.3. The molecule has 0 aliphatic carbocycles. The molecular formula is C12H22Cl4O5. The highest BCUT2D eigenvalue weighted by molar-refractivity contribution is 6.18. The molecule has 0 saturated carbocycles. The van der Waals surface area contributed by atoms with Gasteiger partial charge in [-0.05, 0) is 0 Å². The summed E-state index contributed by atoms with van der Waals surface area (Å²) >= 11 is 22.3. The Kier molecular flexibility index (Phi) is 18.1. The van der Waals surface area contributed by atoms with Gasteiger partial charge in [-0.1, -0.05) is 0 Å². The maximum absolute atomic E-state index is 5.57. The Hall–Kier alpha value is 0.960. The molecule has 0 rings (SSSR count). The van der Waals surface area contributed by atoms with E-state index in [4.69, 9.17) is 70.1 Å². The zero-order valence-corrected chi connectivity index (χ0v) is 14.8. The Balaban J connectivity index is 3.96. The summed E-state index contributed by atoms with van der Waals surface area (Å²) in [5.41, 5.74) is 0. The van der Waals surface area contributed by atoms with Crippen LogP contribution in [0.5, 0.6) is 0 Å². The van der Waals surface area contributed by atoms with Gasteiger partial charge in [0.1, 0.15) is 0 Å². The van der Waals surface area contributed by atoms with E-state index < -0.39 is 12.6 Å². The monoisotopic (exact) mass is 386 g/mol. The lowest BCUT2D eigenvalue weighted by atomic mass is 10.6. The molecule has 0 aromatic rings. The summed E-state index contributed by atoms with van der Waals surface area (Å²) in [6.07, 6.45) is -1.05. The minimum absolute atomic E-state index is 0.221. The molecular weight excluding hydrogens is 366 g/mol. The lowest BCUT2D eigenvalue weighted by molar-refractivity contribution is -0.201. The van der Waals surface area contributed by atoms with Gasteiger partial charge in [-0.25, -0.2) is 0 Å². The lowest BCUT2D eigenvalue weighted by Gasteiger charge is -2.21. The molecule has 0 aromatic carbocycles. The van der Waals surface area contributed by atoms with Crippen molar-refractivity contribution >= 4 is 46.4 Å². The molecule has 0 radical (unpaired) electrons. The van der Waals surface area contributed by atoms with E-state index in [9.17, 15) is 0 Å². The van der Waals surface area contributed by atoms with Gasteiger partial charge in [-0.2, -0.15) is 0 Å². The highest BCUT2D eigenvalue weighted by Crippen LogP contribution is 2.02. The van der Waals surface area contributed by atoms with Crippen LogP contribution in [-0.2, 0) is 23.7 Å². The van der Waals surface area contributed by atoms with Crippen LogP contribution in [0, 0.1) is 0 Å². The van der Waals surface area contributed by atoms with E-state index >= 15 is 0 Å². The predicted octanol–water partition coefficient (Wildman–Crippen LogP) is 2.68. The average Bonchev–Trinajstić information content (AvgIpc) is 2.51. The van der Waals surface area contributed by atoms with Crippen molar-refractivity contribution in [2.24, 2.45) is 0 Å². The van der Waals surface area contributed by atoms with E-state index in [1.54, 1.807) is 0 Å². The number of rotatable bonds is 16. The Morgan fingerprint density at radius 1 is 0.524 bits per heavy atom. The highest BCUT2D eigenvalue weighted by Gasteiger charge is 2.13. The highest BCUT2D eigenvalue weighted by atomic mass is 35.5. The van der Waals surface area contributed by atoms with E-state index in [0.717, 1.165) is 0 Å². The molecule has 0 aliphatic heterocycles. The summed E-state index contributed by atoms with van der Waals surface area (Å²) in [7, 11) is 0. The molecule has 9 heteroatoms. The van der Waals surface area contributed by atoms with Crippen molar-refractivity contribution in [1.29, 1.82) is 0 Å². The van der Waals surface area contributed by atoms with E-state index in [-0.39, 0.29) is 13.2 Å². The lowest BCUT2D eigenvalue weighted by Crippen LogP contribution is -2.30. The normalized spacial score (nSPS) is 11.7. The van der Waals surface area contributed by atoms with Crippen molar-refractivity contribution in [2.45, 2.75) is 12.6 Å². The van der Waals surface area contributed by atoms with E-state index in [2.05, 4.69) is 0 Å². The third-order valence-electron chi connectivity index (χ3n) is 2.03. The first kappa shape index (κ1) is 22.0. The molecule has 0 saturated heterocycles. The molecule has 0 amide bonds. The molecule has 21 heavy (non-hydrogen) atoms. The molecule has 5 nitrogen and oxygen atoms in total. The second kappa shape index (κ2) is 17.3. The maximum Gasteiger partial charge on any atom is 0.180 e. The van der Waals surface area contributed by atoms with Crippen molar-refractivity contribution in [3.63, 3.8) is 0 Å². The predicted molar refractivity (Wildman–Crippen MR) is 85.1 cm³/mol. The van der Waals surface area contributed by atoms with Gasteiger partial charge >= 0.3 is 0 Å². The van der Waals surface area contributed by atoms with Crippen LogP contribution in [0.3, 0.4) is 0 Å². The second-order valence-electron chi connectivity index (χ2n) is 3.64. The number of alkyl halides is 4. The van der Waals surface area contributed by atoms with Crippen molar-refractivity contribution in [2.75, 3.05) is 63.2 Å². The minimum Gasteiger partial charge on any atom is -0.371 e. The van der Waals surface area contributed by atoms with Gasteiger partial charge in [0, 0.05) is 23.5 Å². The smallest absolute Gasteiger partial charge is 0.180 e. The largest absolute Gasteiger partial charge is 0.371 e. The molecule has 0 spiro atoms. The number of ether oxygens (including phenoxy) is 5. The molecule has 0 unspecified atom stereocenters. The van der Waals surface area contributed by atoms with E-state index in [1.807, 2.05) is 0 Å². The van der Waals surface area contributed by atoms with Crippen LogP contribution >= 0.6 is 46.4 Å². The van der Waals surface area contributed by atoms with Crippen molar-refractivity contribution in [3.8, 4) is 0 Å². The third-order valence-corrected chi connectivity index (χ3v) is 2.65. The maximum atomic E-state index is 5.57. The second-order valence-corrected chi connectivity index (χ2v) is 5.15. The fourth-order valence-corrected chi connectivity index (χ4v) is 1.61. The molecule has 0 aromatic heterocycles. The summed E-state index contributed by atoms with van der Waals surface area (Å²) in [6, 6.07) is 0. The van der Waals surface area contributed by atoms with E-state index in [1.165, 1.54) is 0 Å². The molecule has 128 valence electrons. The van der Waals surface area contributed by atoms with Crippen LogP contribution in [0.1, 0.15) is 0 Å². The van der Waals surface area contributed by atoms with Crippen molar-refractivity contribution in [1.82, 2.24) is 0 Å². The SMILES string of the molecule is ClCCOC(COCC(OCCCl)OCCCl)OCCCl. The summed E-state index contributed by atoms with van der Waals surface area (Å²) < 4.78 is 27.0. The molecule has 0 atom stereocenters.